The molecule has 7 aromatic rings. The van der Waals surface area contributed by atoms with Crippen molar-refractivity contribution in [3.63, 3.8) is 0 Å². The molecule has 0 radical (unpaired) electrons. The van der Waals surface area contributed by atoms with Crippen molar-refractivity contribution in [2.24, 2.45) is 23.7 Å². The van der Waals surface area contributed by atoms with Gasteiger partial charge >= 0.3 is 0 Å². The maximum Gasteiger partial charge on any atom is 0.137 e. The van der Waals surface area contributed by atoms with Crippen molar-refractivity contribution in [1.29, 1.82) is 0 Å². The van der Waals surface area contributed by atoms with Crippen LogP contribution in [-0.4, -0.2) is 0 Å². The summed E-state index contributed by atoms with van der Waals surface area (Å²) in [5.74, 6) is 3.39. The van der Waals surface area contributed by atoms with Crippen LogP contribution in [0.4, 0.5) is 17.1 Å². The van der Waals surface area contributed by atoms with Crippen LogP contribution in [0.3, 0.4) is 0 Å². The lowest BCUT2D eigenvalue weighted by molar-refractivity contribution is -0.0399. The van der Waals surface area contributed by atoms with Gasteiger partial charge in [-0.05, 0) is 132 Å². The Hall–Kier alpha value is -5.08. The topological polar surface area (TPSA) is 16.4 Å². The number of nitrogens with zero attached hydrogens (tertiary/aromatic N) is 1. The van der Waals surface area contributed by atoms with Crippen molar-refractivity contribution >= 4 is 39.0 Å². The molecule has 1 heterocycles. The lowest BCUT2D eigenvalue weighted by atomic mass is 9.43. The molecule has 48 heavy (non-hydrogen) atoms. The van der Waals surface area contributed by atoms with Crippen LogP contribution in [0.15, 0.2) is 144 Å². The largest absolute Gasteiger partial charge is 0.456 e. The van der Waals surface area contributed by atoms with Gasteiger partial charge in [-0.15, -0.1) is 0 Å². The molecule has 4 fully saturated rings. The van der Waals surface area contributed by atoms with Crippen LogP contribution in [0.1, 0.15) is 43.2 Å². The molecule has 4 bridgehead atoms. The average Bonchev–Trinajstić information content (AvgIpc) is 3.65. The zero-order valence-corrected chi connectivity index (χ0v) is 27.0. The molecule has 0 atom stereocenters. The number of fused-ring (bicyclic) bond motifs is 6. The first-order valence-electron chi connectivity index (χ1n) is 17.9. The number of rotatable bonds is 4. The van der Waals surface area contributed by atoms with E-state index in [2.05, 4.69) is 144 Å². The number of anilines is 3. The lowest BCUT2D eigenvalue weighted by Gasteiger charge is -2.61. The first-order valence-corrected chi connectivity index (χ1v) is 17.9. The predicted octanol–water partition coefficient (Wildman–Crippen LogP) is 12.4. The molecule has 0 amide bonds. The number of hydrogen-bond acceptors (Lipinski definition) is 2. The zero-order chi connectivity index (χ0) is 31.4. The highest BCUT2D eigenvalue weighted by atomic mass is 16.3. The van der Waals surface area contributed by atoms with Crippen LogP contribution in [-0.2, 0) is 5.41 Å². The third kappa shape index (κ3) is 3.64. The van der Waals surface area contributed by atoms with Crippen LogP contribution in [0.5, 0.6) is 0 Å². The minimum Gasteiger partial charge on any atom is -0.456 e. The van der Waals surface area contributed by atoms with Gasteiger partial charge in [0.1, 0.15) is 11.2 Å². The molecule has 232 valence electrons. The standard InChI is InChI=1S/C46H37NO/c1-2-10-31(11-3-1)32-12-8-13-35(27-32)47(42-17-9-19-44-45(42)38-15-5-7-18-43(38)48-44)36-20-21-41-39(28-36)37-14-4-6-16-40(37)46(41)33-23-29-22-30(25-33)26-34(46)24-29/h1-21,27-30,33-34H,22-26H2. The van der Waals surface area contributed by atoms with Crippen molar-refractivity contribution in [1.82, 2.24) is 0 Å². The number of furan rings is 1. The maximum absolute atomic E-state index is 6.43. The lowest BCUT2D eigenvalue weighted by Crippen LogP contribution is -2.55. The molecule has 12 rings (SSSR count). The van der Waals surface area contributed by atoms with Gasteiger partial charge in [-0.3, -0.25) is 0 Å². The summed E-state index contributed by atoms with van der Waals surface area (Å²) in [6.07, 6.45) is 7.07. The van der Waals surface area contributed by atoms with E-state index in [1.807, 2.05) is 0 Å². The van der Waals surface area contributed by atoms with Gasteiger partial charge in [0.2, 0.25) is 0 Å². The van der Waals surface area contributed by atoms with E-state index in [0.29, 0.717) is 0 Å². The number of hydrogen-bond donors (Lipinski definition) is 0. The molecule has 0 unspecified atom stereocenters. The summed E-state index contributed by atoms with van der Waals surface area (Å²) in [6, 6.07) is 51.6. The molecule has 2 heteroatoms. The second-order valence-corrected chi connectivity index (χ2v) is 14.9. The molecule has 4 saturated carbocycles. The molecule has 6 aromatic carbocycles. The number of para-hydroxylation sites is 1. The van der Waals surface area contributed by atoms with E-state index in [9.17, 15) is 0 Å². The molecule has 0 aliphatic heterocycles. The Morgan fingerprint density at radius 3 is 2.02 bits per heavy atom. The monoisotopic (exact) mass is 619 g/mol. The van der Waals surface area contributed by atoms with E-state index in [1.165, 1.54) is 60.0 Å². The minimum absolute atomic E-state index is 0.163. The molecule has 0 N–H and O–H groups in total. The molecule has 5 aliphatic rings. The molecule has 0 saturated heterocycles. The Kier molecular flexibility index (Phi) is 5.59. The second kappa shape index (κ2) is 9.97. The summed E-state index contributed by atoms with van der Waals surface area (Å²) in [5, 5.41) is 2.29. The zero-order valence-electron chi connectivity index (χ0n) is 27.0. The molecular weight excluding hydrogens is 583 g/mol. The van der Waals surface area contributed by atoms with Gasteiger partial charge in [-0.1, -0.05) is 97.1 Å². The predicted molar refractivity (Wildman–Crippen MR) is 197 cm³/mol. The van der Waals surface area contributed by atoms with Crippen LogP contribution in [0.25, 0.3) is 44.2 Å². The average molecular weight is 620 g/mol. The summed E-state index contributed by atoms with van der Waals surface area (Å²) in [4.78, 5) is 2.47. The van der Waals surface area contributed by atoms with Gasteiger partial charge in [0, 0.05) is 22.2 Å². The minimum atomic E-state index is 0.163. The highest BCUT2D eigenvalue weighted by Gasteiger charge is 2.61. The second-order valence-electron chi connectivity index (χ2n) is 14.9. The van der Waals surface area contributed by atoms with Gasteiger partial charge < -0.3 is 9.32 Å². The Bertz CT molecular complexity index is 2350. The molecule has 2 nitrogen and oxygen atoms in total. The Morgan fingerprint density at radius 2 is 1.17 bits per heavy atom. The highest BCUT2D eigenvalue weighted by molar-refractivity contribution is 6.13. The van der Waals surface area contributed by atoms with Crippen LogP contribution < -0.4 is 4.90 Å². The normalized spacial score (nSPS) is 24.8. The maximum atomic E-state index is 6.43. The van der Waals surface area contributed by atoms with E-state index >= 15 is 0 Å². The van der Waals surface area contributed by atoms with Gasteiger partial charge in [-0.2, -0.15) is 0 Å². The summed E-state index contributed by atoms with van der Waals surface area (Å²) in [6.45, 7) is 0. The van der Waals surface area contributed by atoms with Gasteiger partial charge in [0.25, 0.3) is 0 Å². The molecular formula is C46H37NO. The number of benzene rings is 6. The summed E-state index contributed by atoms with van der Waals surface area (Å²) in [7, 11) is 0. The van der Waals surface area contributed by atoms with E-state index in [-0.39, 0.29) is 5.41 Å². The van der Waals surface area contributed by atoms with Gasteiger partial charge in [0.05, 0.1) is 11.1 Å². The summed E-state index contributed by atoms with van der Waals surface area (Å²) < 4.78 is 6.43. The first kappa shape index (κ1) is 26.9. The van der Waals surface area contributed by atoms with Crippen molar-refractivity contribution in [3.8, 4) is 22.3 Å². The molecule has 1 aromatic heterocycles. The Labute approximate surface area is 281 Å². The fraction of sp³-hybridized carbons (Fsp3) is 0.217. The van der Waals surface area contributed by atoms with Gasteiger partial charge in [0.15, 0.2) is 0 Å². The van der Waals surface area contributed by atoms with Gasteiger partial charge in [-0.25, -0.2) is 0 Å². The quantitative estimate of drug-likeness (QED) is 0.195. The van der Waals surface area contributed by atoms with E-state index < -0.39 is 0 Å². The Balaban J connectivity index is 1.15. The summed E-state index contributed by atoms with van der Waals surface area (Å²) >= 11 is 0. The third-order valence-electron chi connectivity index (χ3n) is 12.6. The van der Waals surface area contributed by atoms with Crippen molar-refractivity contribution < 1.29 is 4.42 Å². The fourth-order valence-electron chi connectivity index (χ4n) is 11.1. The highest BCUT2D eigenvalue weighted by Crippen LogP contribution is 2.69. The van der Waals surface area contributed by atoms with E-state index in [0.717, 1.165) is 57.0 Å². The van der Waals surface area contributed by atoms with E-state index in [1.54, 1.807) is 11.1 Å². The van der Waals surface area contributed by atoms with Crippen molar-refractivity contribution in [2.75, 3.05) is 4.90 Å². The molecule has 1 spiro atoms. The summed E-state index contributed by atoms with van der Waals surface area (Å²) in [5.41, 5.74) is 14.0. The third-order valence-corrected chi connectivity index (χ3v) is 12.6. The van der Waals surface area contributed by atoms with Crippen LogP contribution in [0.2, 0.25) is 0 Å². The molecule has 5 aliphatic carbocycles. The van der Waals surface area contributed by atoms with Crippen molar-refractivity contribution in [2.45, 2.75) is 37.5 Å². The first-order chi connectivity index (χ1) is 23.8. The fourth-order valence-corrected chi connectivity index (χ4v) is 11.1. The van der Waals surface area contributed by atoms with Crippen LogP contribution in [0, 0.1) is 23.7 Å². The Morgan fingerprint density at radius 1 is 0.500 bits per heavy atom. The van der Waals surface area contributed by atoms with E-state index in [4.69, 9.17) is 4.42 Å². The smallest absolute Gasteiger partial charge is 0.137 e. The van der Waals surface area contributed by atoms with Crippen LogP contribution >= 0.6 is 0 Å². The van der Waals surface area contributed by atoms with Crippen molar-refractivity contribution in [3.05, 3.63) is 151 Å². The SMILES string of the molecule is c1ccc(-c2cccc(N(c3ccc4c(c3)-c3ccccc3C43C4CC5CC(C4)CC3C5)c3cccc4oc5ccccc5c34)c2)cc1.